The zero-order chi connectivity index (χ0) is 17.1. The van der Waals surface area contributed by atoms with E-state index in [1.54, 1.807) is 25.3 Å². The molecule has 2 rings (SSSR count). The Morgan fingerprint density at radius 1 is 1.13 bits per heavy atom. The van der Waals surface area contributed by atoms with Gasteiger partial charge in [0.05, 0.1) is 15.6 Å². The van der Waals surface area contributed by atoms with Crippen molar-refractivity contribution in [2.24, 2.45) is 0 Å². The molecule has 0 spiro atoms. The molecular weight excluding hydrogens is 413 g/mol. The summed E-state index contributed by atoms with van der Waals surface area (Å²) in [6, 6.07) is 6.24. The van der Waals surface area contributed by atoms with Crippen molar-refractivity contribution in [3.8, 4) is 17.2 Å². The third-order valence-electron chi connectivity index (χ3n) is 3.24. The number of nitro benzene ring substituents is 1. The lowest BCUT2D eigenvalue weighted by Crippen LogP contribution is -1.99. The number of rotatable bonds is 5. The summed E-state index contributed by atoms with van der Waals surface area (Å²) >= 11 is 1.91. The molecule has 0 aliphatic rings. The third kappa shape index (κ3) is 3.61. The van der Waals surface area contributed by atoms with Crippen molar-refractivity contribution in [3.05, 3.63) is 54.6 Å². The fourth-order valence-corrected chi connectivity index (χ4v) is 3.06. The Balaban J connectivity index is 2.52. The van der Waals surface area contributed by atoms with Crippen molar-refractivity contribution < 1.29 is 19.2 Å². The van der Waals surface area contributed by atoms with Crippen LogP contribution in [0, 0.1) is 27.5 Å². The van der Waals surface area contributed by atoms with Gasteiger partial charge in [-0.1, -0.05) is 0 Å². The molecule has 2 aromatic rings. The number of methoxy groups -OCH3 is 1. The summed E-state index contributed by atoms with van der Waals surface area (Å²) < 4.78 is 11.5. The fourth-order valence-electron chi connectivity index (χ4n) is 2.31. The van der Waals surface area contributed by atoms with Crippen molar-refractivity contribution >= 4 is 34.6 Å². The van der Waals surface area contributed by atoms with Gasteiger partial charge in [-0.25, -0.2) is 0 Å². The maximum Gasteiger partial charge on any atom is 0.313 e. The van der Waals surface area contributed by atoms with E-state index in [1.165, 1.54) is 6.07 Å². The van der Waals surface area contributed by atoms with Crippen LogP contribution in [0.15, 0.2) is 24.3 Å². The van der Waals surface area contributed by atoms with Gasteiger partial charge in [0, 0.05) is 11.6 Å². The Bertz CT molecular complexity index is 765. The molecular formula is C16H14INO5. The molecule has 0 unspecified atom stereocenters. The molecule has 6 nitrogen and oxygen atoms in total. The second-order valence-corrected chi connectivity index (χ2v) is 6.08. The SMILES string of the molecule is COc1c(C)cc(Oc2c(I)cc(C=O)cc2[N+](=O)[O-])cc1C. The van der Waals surface area contributed by atoms with Gasteiger partial charge in [0.15, 0.2) is 0 Å². The summed E-state index contributed by atoms with van der Waals surface area (Å²) in [5, 5.41) is 11.3. The van der Waals surface area contributed by atoms with E-state index in [0.29, 0.717) is 15.6 Å². The van der Waals surface area contributed by atoms with Gasteiger partial charge in [-0.15, -0.1) is 0 Å². The fraction of sp³-hybridized carbons (Fsp3) is 0.188. The van der Waals surface area contributed by atoms with Crippen LogP contribution in [-0.4, -0.2) is 18.3 Å². The lowest BCUT2D eigenvalue weighted by Gasteiger charge is -2.13. The van der Waals surface area contributed by atoms with Crippen molar-refractivity contribution in [3.63, 3.8) is 0 Å². The summed E-state index contributed by atoms with van der Waals surface area (Å²) in [6.07, 6.45) is 0.570. The molecule has 23 heavy (non-hydrogen) atoms. The molecule has 0 saturated heterocycles. The highest BCUT2D eigenvalue weighted by Gasteiger charge is 2.21. The van der Waals surface area contributed by atoms with E-state index in [4.69, 9.17) is 9.47 Å². The van der Waals surface area contributed by atoms with Gasteiger partial charge in [0.1, 0.15) is 17.8 Å². The first-order valence-electron chi connectivity index (χ1n) is 6.63. The first-order valence-corrected chi connectivity index (χ1v) is 7.71. The zero-order valence-electron chi connectivity index (χ0n) is 12.8. The Morgan fingerprint density at radius 2 is 1.74 bits per heavy atom. The summed E-state index contributed by atoms with van der Waals surface area (Å²) in [5.74, 6) is 1.34. The van der Waals surface area contributed by atoms with Crippen LogP contribution < -0.4 is 9.47 Å². The van der Waals surface area contributed by atoms with E-state index < -0.39 is 4.92 Å². The minimum atomic E-state index is -0.562. The second kappa shape index (κ2) is 6.95. The van der Waals surface area contributed by atoms with Crippen LogP contribution in [0.5, 0.6) is 17.2 Å². The topological polar surface area (TPSA) is 78.7 Å². The number of carbonyl (C=O) groups is 1. The molecule has 2 aromatic carbocycles. The first kappa shape index (κ1) is 17.2. The number of nitrogens with zero attached hydrogens (tertiary/aromatic N) is 1. The van der Waals surface area contributed by atoms with E-state index in [0.717, 1.165) is 16.9 Å². The van der Waals surface area contributed by atoms with Gasteiger partial charge in [0.2, 0.25) is 5.75 Å². The molecule has 0 atom stereocenters. The van der Waals surface area contributed by atoms with Crippen LogP contribution in [0.3, 0.4) is 0 Å². The van der Waals surface area contributed by atoms with Gasteiger partial charge in [0.25, 0.3) is 0 Å². The maximum atomic E-state index is 11.3. The van der Waals surface area contributed by atoms with Gasteiger partial charge in [-0.2, -0.15) is 0 Å². The summed E-state index contributed by atoms with van der Waals surface area (Å²) in [5.41, 5.74) is 1.72. The highest BCUT2D eigenvalue weighted by atomic mass is 127. The highest BCUT2D eigenvalue weighted by Crippen LogP contribution is 2.38. The van der Waals surface area contributed by atoms with Gasteiger partial charge in [-0.3, -0.25) is 14.9 Å². The molecule has 0 saturated carbocycles. The Morgan fingerprint density at radius 3 is 2.22 bits per heavy atom. The molecule has 0 aliphatic carbocycles. The van der Waals surface area contributed by atoms with E-state index in [-0.39, 0.29) is 17.0 Å². The highest BCUT2D eigenvalue weighted by molar-refractivity contribution is 14.1. The van der Waals surface area contributed by atoms with Crippen LogP contribution in [0.2, 0.25) is 0 Å². The number of aldehydes is 1. The van der Waals surface area contributed by atoms with Crippen molar-refractivity contribution in [1.82, 2.24) is 0 Å². The number of carbonyl (C=O) groups excluding carboxylic acids is 1. The number of halogens is 1. The van der Waals surface area contributed by atoms with Gasteiger partial charge < -0.3 is 9.47 Å². The van der Waals surface area contributed by atoms with Crippen LogP contribution in [0.25, 0.3) is 0 Å². The lowest BCUT2D eigenvalue weighted by molar-refractivity contribution is -0.385. The maximum absolute atomic E-state index is 11.3. The molecule has 120 valence electrons. The predicted molar refractivity (Wildman–Crippen MR) is 93.7 cm³/mol. The number of ether oxygens (including phenoxy) is 2. The molecule has 0 N–H and O–H groups in total. The zero-order valence-corrected chi connectivity index (χ0v) is 14.9. The summed E-state index contributed by atoms with van der Waals surface area (Å²) in [7, 11) is 1.59. The summed E-state index contributed by atoms with van der Waals surface area (Å²) in [4.78, 5) is 21.6. The number of hydrogen-bond donors (Lipinski definition) is 0. The summed E-state index contributed by atoms with van der Waals surface area (Å²) in [6.45, 7) is 3.74. The monoisotopic (exact) mass is 427 g/mol. The van der Waals surface area contributed by atoms with Crippen LogP contribution in [-0.2, 0) is 0 Å². The second-order valence-electron chi connectivity index (χ2n) is 4.92. The van der Waals surface area contributed by atoms with Crippen molar-refractivity contribution in [1.29, 1.82) is 0 Å². The van der Waals surface area contributed by atoms with Crippen LogP contribution in [0.1, 0.15) is 21.5 Å². The average molecular weight is 427 g/mol. The molecule has 0 radical (unpaired) electrons. The predicted octanol–water partition coefficient (Wildman–Crippen LogP) is 4.43. The molecule has 0 aliphatic heterocycles. The Hall–Kier alpha value is -2.16. The molecule has 0 amide bonds. The van der Waals surface area contributed by atoms with Crippen LogP contribution >= 0.6 is 22.6 Å². The molecule has 0 heterocycles. The third-order valence-corrected chi connectivity index (χ3v) is 4.04. The van der Waals surface area contributed by atoms with E-state index in [2.05, 4.69) is 0 Å². The minimum Gasteiger partial charge on any atom is -0.496 e. The molecule has 0 aromatic heterocycles. The number of aryl methyl sites for hydroxylation is 2. The molecule has 0 bridgehead atoms. The quantitative estimate of drug-likeness (QED) is 0.305. The lowest BCUT2D eigenvalue weighted by atomic mass is 10.1. The minimum absolute atomic E-state index is 0.116. The van der Waals surface area contributed by atoms with E-state index >= 15 is 0 Å². The molecule has 0 fully saturated rings. The Kier molecular flexibility index (Phi) is 5.19. The van der Waals surface area contributed by atoms with Crippen molar-refractivity contribution in [2.75, 3.05) is 7.11 Å². The van der Waals surface area contributed by atoms with E-state index in [9.17, 15) is 14.9 Å². The van der Waals surface area contributed by atoms with Gasteiger partial charge >= 0.3 is 5.69 Å². The standard InChI is InChI=1S/C16H14INO5/c1-9-4-12(5-10(2)15(9)22-3)23-16-13(17)6-11(8-19)7-14(16)18(20)21/h4-8H,1-3H3. The number of nitro groups is 1. The smallest absolute Gasteiger partial charge is 0.313 e. The van der Waals surface area contributed by atoms with Crippen LogP contribution in [0.4, 0.5) is 5.69 Å². The van der Waals surface area contributed by atoms with Gasteiger partial charge in [-0.05, 0) is 65.8 Å². The van der Waals surface area contributed by atoms with Crippen molar-refractivity contribution in [2.45, 2.75) is 13.8 Å². The normalized spacial score (nSPS) is 10.3. The first-order chi connectivity index (χ1) is 10.9. The molecule has 7 heteroatoms. The number of benzene rings is 2. The number of hydrogen-bond acceptors (Lipinski definition) is 5. The largest absolute Gasteiger partial charge is 0.496 e. The average Bonchev–Trinajstić information content (AvgIpc) is 2.48. The van der Waals surface area contributed by atoms with E-state index in [1.807, 2.05) is 36.4 Å². The Labute approximate surface area is 146 Å².